The Balaban J connectivity index is 0.000000606. The number of hydrogen-bond donors (Lipinski definition) is 1. The number of aromatic nitrogens is 2. The molecule has 0 radical (unpaired) electrons. The fourth-order valence-corrected chi connectivity index (χ4v) is 1.41. The van der Waals surface area contributed by atoms with Crippen molar-refractivity contribution in [2.24, 2.45) is 0 Å². The van der Waals surface area contributed by atoms with E-state index in [2.05, 4.69) is 10.3 Å². The van der Waals surface area contributed by atoms with E-state index < -0.39 is 0 Å². The molecule has 1 N–H and O–H groups in total. The van der Waals surface area contributed by atoms with Crippen LogP contribution in [0.15, 0.2) is 30.7 Å². The third-order valence-corrected chi connectivity index (χ3v) is 2.16. The summed E-state index contributed by atoms with van der Waals surface area (Å²) in [5.74, 6) is -0.000637. The number of nitrogens with one attached hydrogen (secondary N) is 1. The summed E-state index contributed by atoms with van der Waals surface area (Å²) in [6, 6.07) is 3.85. The summed E-state index contributed by atoms with van der Waals surface area (Å²) < 4.78 is 1.90. The molecular weight excluding hydrogens is 202 g/mol. The molecule has 0 aliphatic rings. The quantitative estimate of drug-likeness (QED) is 0.837. The lowest BCUT2D eigenvalue weighted by molar-refractivity contribution is -0.121. The van der Waals surface area contributed by atoms with Crippen LogP contribution < -0.4 is 5.32 Å². The summed E-state index contributed by atoms with van der Waals surface area (Å²) >= 11 is 0. The minimum Gasteiger partial charge on any atom is -0.358 e. The van der Waals surface area contributed by atoms with E-state index in [9.17, 15) is 4.79 Å². The first-order valence-electron chi connectivity index (χ1n) is 5.40. The second-order valence-electron chi connectivity index (χ2n) is 3.05. The van der Waals surface area contributed by atoms with Crippen LogP contribution in [0.25, 0.3) is 10.9 Å². The molecule has 1 amide bonds. The zero-order chi connectivity index (χ0) is 12.0. The van der Waals surface area contributed by atoms with Gasteiger partial charge in [0.1, 0.15) is 6.54 Å². The Kier molecular flexibility index (Phi) is 4.51. The number of amides is 1. The highest BCUT2D eigenvalue weighted by molar-refractivity contribution is 5.82. The van der Waals surface area contributed by atoms with Gasteiger partial charge in [0.2, 0.25) is 5.91 Å². The van der Waals surface area contributed by atoms with Crippen molar-refractivity contribution in [2.45, 2.75) is 20.4 Å². The van der Waals surface area contributed by atoms with Crippen LogP contribution in [0.3, 0.4) is 0 Å². The standard InChI is InChI=1S/C10H11N3O.C2H6/c1-11-10(14)7-13-5-3-8-6-12-4-2-9(8)13;1-2/h2-6H,7H2,1H3,(H,11,14);1-2H3. The van der Waals surface area contributed by atoms with Gasteiger partial charge in [-0.15, -0.1) is 0 Å². The van der Waals surface area contributed by atoms with Crippen LogP contribution in [-0.2, 0) is 11.3 Å². The molecule has 0 aliphatic carbocycles. The van der Waals surface area contributed by atoms with Crippen molar-refractivity contribution in [3.05, 3.63) is 30.7 Å². The fourth-order valence-electron chi connectivity index (χ4n) is 1.41. The number of fused-ring (bicyclic) bond motifs is 1. The van der Waals surface area contributed by atoms with Crippen molar-refractivity contribution < 1.29 is 4.79 Å². The highest BCUT2D eigenvalue weighted by Gasteiger charge is 2.03. The molecule has 86 valence electrons. The Morgan fingerprint density at radius 1 is 1.44 bits per heavy atom. The number of carbonyl (C=O) groups excluding carboxylic acids is 1. The fraction of sp³-hybridized carbons (Fsp3) is 0.333. The van der Waals surface area contributed by atoms with Gasteiger partial charge in [-0.25, -0.2) is 0 Å². The lowest BCUT2D eigenvalue weighted by Gasteiger charge is -2.03. The molecule has 0 atom stereocenters. The van der Waals surface area contributed by atoms with E-state index in [4.69, 9.17) is 0 Å². The van der Waals surface area contributed by atoms with Crippen molar-refractivity contribution in [3.63, 3.8) is 0 Å². The van der Waals surface area contributed by atoms with Gasteiger partial charge in [0.15, 0.2) is 0 Å². The molecule has 2 aromatic heterocycles. The van der Waals surface area contributed by atoms with Crippen molar-refractivity contribution in [2.75, 3.05) is 7.05 Å². The summed E-state index contributed by atoms with van der Waals surface area (Å²) in [7, 11) is 1.63. The summed E-state index contributed by atoms with van der Waals surface area (Å²) in [6.45, 7) is 4.35. The number of carbonyl (C=O) groups is 1. The maximum Gasteiger partial charge on any atom is 0.239 e. The van der Waals surface area contributed by atoms with Crippen LogP contribution in [0.4, 0.5) is 0 Å². The van der Waals surface area contributed by atoms with E-state index in [0.29, 0.717) is 6.54 Å². The van der Waals surface area contributed by atoms with Crippen molar-refractivity contribution >= 4 is 16.8 Å². The van der Waals surface area contributed by atoms with E-state index in [1.54, 1.807) is 19.4 Å². The molecule has 16 heavy (non-hydrogen) atoms. The molecule has 0 aliphatic heterocycles. The minimum atomic E-state index is -0.000637. The van der Waals surface area contributed by atoms with Gasteiger partial charge < -0.3 is 9.88 Å². The monoisotopic (exact) mass is 219 g/mol. The molecular formula is C12H17N3O. The molecule has 0 bridgehead atoms. The minimum absolute atomic E-state index is 0.000637. The van der Waals surface area contributed by atoms with Crippen molar-refractivity contribution in [3.8, 4) is 0 Å². The van der Waals surface area contributed by atoms with Gasteiger partial charge >= 0.3 is 0 Å². The second-order valence-corrected chi connectivity index (χ2v) is 3.05. The number of likely N-dealkylation sites (N-methyl/N-ethyl adjacent to an activating group) is 1. The first kappa shape index (κ1) is 12.2. The van der Waals surface area contributed by atoms with Crippen LogP contribution in [0.5, 0.6) is 0 Å². The van der Waals surface area contributed by atoms with Gasteiger partial charge in [-0.05, 0) is 12.1 Å². The van der Waals surface area contributed by atoms with E-state index >= 15 is 0 Å². The summed E-state index contributed by atoms with van der Waals surface area (Å²) in [4.78, 5) is 15.2. The normalized spacial score (nSPS) is 9.44. The van der Waals surface area contributed by atoms with Crippen LogP contribution in [0, 0.1) is 0 Å². The van der Waals surface area contributed by atoms with E-state index in [1.807, 2.05) is 36.7 Å². The van der Waals surface area contributed by atoms with Gasteiger partial charge in [-0.1, -0.05) is 13.8 Å². The predicted molar refractivity (Wildman–Crippen MR) is 65.1 cm³/mol. The smallest absolute Gasteiger partial charge is 0.239 e. The van der Waals surface area contributed by atoms with Gasteiger partial charge in [0.05, 0.1) is 5.52 Å². The maximum atomic E-state index is 11.2. The summed E-state index contributed by atoms with van der Waals surface area (Å²) in [5, 5.41) is 3.64. The number of hydrogen-bond acceptors (Lipinski definition) is 2. The average Bonchev–Trinajstić information content (AvgIpc) is 2.75. The lowest BCUT2D eigenvalue weighted by Crippen LogP contribution is -2.22. The molecule has 0 saturated carbocycles. The molecule has 0 spiro atoms. The highest BCUT2D eigenvalue weighted by atomic mass is 16.1. The third-order valence-electron chi connectivity index (χ3n) is 2.16. The average molecular weight is 219 g/mol. The Hall–Kier alpha value is -1.84. The number of pyridine rings is 1. The summed E-state index contributed by atoms with van der Waals surface area (Å²) in [6.07, 6.45) is 5.40. The second kappa shape index (κ2) is 5.90. The highest BCUT2D eigenvalue weighted by Crippen LogP contribution is 2.13. The van der Waals surface area contributed by atoms with Crippen LogP contribution in [0.1, 0.15) is 13.8 Å². The SMILES string of the molecule is CC.CNC(=O)Cn1ccc2cnccc21. The van der Waals surface area contributed by atoms with E-state index in [0.717, 1.165) is 10.9 Å². The molecule has 0 fully saturated rings. The summed E-state index contributed by atoms with van der Waals surface area (Å²) in [5.41, 5.74) is 1.03. The number of nitrogens with zero attached hydrogens (tertiary/aromatic N) is 2. The zero-order valence-electron chi connectivity index (χ0n) is 9.90. The molecule has 4 nitrogen and oxygen atoms in total. The molecule has 4 heteroatoms. The van der Waals surface area contributed by atoms with E-state index in [-0.39, 0.29) is 5.91 Å². The van der Waals surface area contributed by atoms with Crippen molar-refractivity contribution in [1.82, 2.24) is 14.9 Å². The Morgan fingerprint density at radius 2 is 2.19 bits per heavy atom. The lowest BCUT2D eigenvalue weighted by atomic mass is 10.3. The van der Waals surface area contributed by atoms with Gasteiger partial charge in [0, 0.05) is 31.0 Å². The predicted octanol–water partition coefficient (Wildman–Crippen LogP) is 1.81. The van der Waals surface area contributed by atoms with Crippen LogP contribution >= 0.6 is 0 Å². The first-order chi connectivity index (χ1) is 7.81. The van der Waals surface area contributed by atoms with Gasteiger partial charge in [-0.2, -0.15) is 0 Å². The number of rotatable bonds is 2. The Morgan fingerprint density at radius 3 is 2.88 bits per heavy atom. The Labute approximate surface area is 95.3 Å². The third kappa shape index (κ3) is 2.59. The molecule has 0 aromatic carbocycles. The molecule has 2 aromatic rings. The van der Waals surface area contributed by atoms with Gasteiger partial charge in [-0.3, -0.25) is 9.78 Å². The van der Waals surface area contributed by atoms with Crippen LogP contribution in [0.2, 0.25) is 0 Å². The first-order valence-corrected chi connectivity index (χ1v) is 5.40. The Bertz CT molecular complexity index is 462. The van der Waals surface area contributed by atoms with E-state index in [1.165, 1.54) is 0 Å². The van der Waals surface area contributed by atoms with Crippen molar-refractivity contribution in [1.29, 1.82) is 0 Å². The zero-order valence-corrected chi connectivity index (χ0v) is 9.90. The van der Waals surface area contributed by atoms with Crippen LogP contribution in [-0.4, -0.2) is 22.5 Å². The molecule has 0 unspecified atom stereocenters. The molecule has 0 saturated heterocycles. The largest absolute Gasteiger partial charge is 0.358 e. The molecule has 2 heterocycles. The van der Waals surface area contributed by atoms with Gasteiger partial charge in [0.25, 0.3) is 0 Å². The topological polar surface area (TPSA) is 46.9 Å². The maximum absolute atomic E-state index is 11.2. The molecule has 2 rings (SSSR count).